The zero-order chi connectivity index (χ0) is 22.2. The number of amides is 1. The standard InChI is InChI=1S/C24H15Cl2N3O2S/c1-13-6-9-22(31-13)20-11-17(15-4-2-3-5-19(15)27-20)23(30)29-24-28-21(12-32-24)16-8-7-14(25)10-18(16)26/h2-12H,1H3,(H,28,29,30). The van der Waals surface area contributed by atoms with Gasteiger partial charge in [-0.2, -0.15) is 0 Å². The summed E-state index contributed by atoms with van der Waals surface area (Å²) in [4.78, 5) is 22.4. The number of thiazole rings is 1. The Morgan fingerprint density at radius 2 is 1.84 bits per heavy atom. The molecule has 8 heteroatoms. The Morgan fingerprint density at radius 1 is 1.00 bits per heavy atom. The number of pyridine rings is 1. The number of nitrogens with zero attached hydrogens (tertiary/aromatic N) is 2. The van der Waals surface area contributed by atoms with Crippen molar-refractivity contribution in [2.75, 3.05) is 5.32 Å². The predicted octanol–water partition coefficient (Wildman–Crippen LogP) is 7.49. The van der Waals surface area contributed by atoms with Crippen LogP contribution in [-0.4, -0.2) is 15.9 Å². The van der Waals surface area contributed by atoms with Crippen LogP contribution in [0.3, 0.4) is 0 Å². The Morgan fingerprint density at radius 3 is 2.62 bits per heavy atom. The fourth-order valence-corrected chi connectivity index (χ4v) is 4.59. The summed E-state index contributed by atoms with van der Waals surface area (Å²) < 4.78 is 5.72. The lowest BCUT2D eigenvalue weighted by Gasteiger charge is -2.08. The van der Waals surface area contributed by atoms with Crippen molar-refractivity contribution < 1.29 is 9.21 Å². The van der Waals surface area contributed by atoms with Gasteiger partial charge in [-0.05, 0) is 49.4 Å². The molecular weight excluding hydrogens is 465 g/mol. The summed E-state index contributed by atoms with van der Waals surface area (Å²) >= 11 is 13.6. The summed E-state index contributed by atoms with van der Waals surface area (Å²) in [6.07, 6.45) is 0. The van der Waals surface area contributed by atoms with Crippen molar-refractivity contribution in [3.8, 4) is 22.7 Å². The number of furan rings is 1. The van der Waals surface area contributed by atoms with E-state index in [2.05, 4.69) is 15.3 Å². The first-order valence-electron chi connectivity index (χ1n) is 9.67. The third-order valence-electron chi connectivity index (χ3n) is 4.89. The number of nitrogens with one attached hydrogen (secondary N) is 1. The van der Waals surface area contributed by atoms with Gasteiger partial charge in [0, 0.05) is 21.4 Å². The van der Waals surface area contributed by atoms with Crippen LogP contribution in [0.4, 0.5) is 5.13 Å². The van der Waals surface area contributed by atoms with E-state index in [0.717, 1.165) is 16.7 Å². The van der Waals surface area contributed by atoms with Gasteiger partial charge in [-0.15, -0.1) is 11.3 Å². The van der Waals surface area contributed by atoms with Gasteiger partial charge in [-0.25, -0.2) is 9.97 Å². The van der Waals surface area contributed by atoms with E-state index in [9.17, 15) is 4.79 Å². The van der Waals surface area contributed by atoms with E-state index in [4.69, 9.17) is 27.6 Å². The fourth-order valence-electron chi connectivity index (χ4n) is 3.38. The second-order valence-electron chi connectivity index (χ2n) is 7.10. The number of fused-ring (bicyclic) bond motifs is 1. The minimum atomic E-state index is -0.281. The van der Waals surface area contributed by atoms with Crippen LogP contribution in [0.5, 0.6) is 0 Å². The molecule has 0 atom stereocenters. The van der Waals surface area contributed by atoms with E-state index in [1.807, 2.05) is 48.7 Å². The molecule has 0 spiro atoms. The van der Waals surface area contributed by atoms with Crippen molar-refractivity contribution in [3.63, 3.8) is 0 Å². The third-order valence-corrected chi connectivity index (χ3v) is 6.19. The highest BCUT2D eigenvalue weighted by molar-refractivity contribution is 7.14. The van der Waals surface area contributed by atoms with Crippen molar-refractivity contribution in [3.05, 3.63) is 87.4 Å². The Balaban J connectivity index is 1.49. The smallest absolute Gasteiger partial charge is 0.258 e. The SMILES string of the molecule is Cc1ccc(-c2cc(C(=O)Nc3nc(-c4ccc(Cl)cc4Cl)cs3)c3ccccc3n2)o1. The van der Waals surface area contributed by atoms with Crippen LogP contribution < -0.4 is 5.32 Å². The molecule has 3 heterocycles. The molecule has 0 fully saturated rings. The van der Waals surface area contributed by atoms with E-state index in [1.165, 1.54) is 11.3 Å². The molecule has 5 aromatic rings. The second kappa shape index (κ2) is 8.39. The van der Waals surface area contributed by atoms with Crippen LogP contribution in [-0.2, 0) is 0 Å². The van der Waals surface area contributed by atoms with Gasteiger partial charge in [0.05, 0.1) is 21.8 Å². The van der Waals surface area contributed by atoms with Crippen LogP contribution in [0, 0.1) is 6.92 Å². The molecule has 0 aliphatic carbocycles. The maximum Gasteiger partial charge on any atom is 0.258 e. The Labute approximate surface area is 197 Å². The zero-order valence-electron chi connectivity index (χ0n) is 16.7. The largest absolute Gasteiger partial charge is 0.460 e. The Kier molecular flexibility index (Phi) is 5.43. The predicted molar refractivity (Wildman–Crippen MR) is 130 cm³/mol. The lowest BCUT2D eigenvalue weighted by molar-refractivity contribution is 0.102. The van der Waals surface area contributed by atoms with E-state index in [1.54, 1.807) is 24.3 Å². The molecule has 5 nitrogen and oxygen atoms in total. The maximum atomic E-state index is 13.2. The Hall–Kier alpha value is -3.19. The average molecular weight is 480 g/mol. The molecule has 32 heavy (non-hydrogen) atoms. The third kappa shape index (κ3) is 4.00. The van der Waals surface area contributed by atoms with E-state index >= 15 is 0 Å². The minimum absolute atomic E-state index is 0.281. The fraction of sp³-hybridized carbons (Fsp3) is 0.0417. The molecule has 0 saturated heterocycles. The molecule has 0 unspecified atom stereocenters. The van der Waals surface area contributed by atoms with Crippen LogP contribution in [0.2, 0.25) is 10.0 Å². The van der Waals surface area contributed by atoms with Gasteiger partial charge in [-0.3, -0.25) is 10.1 Å². The van der Waals surface area contributed by atoms with Crippen molar-refractivity contribution in [2.45, 2.75) is 6.92 Å². The molecule has 0 saturated carbocycles. The summed E-state index contributed by atoms with van der Waals surface area (Å²) in [5.74, 6) is 1.10. The van der Waals surface area contributed by atoms with Gasteiger partial charge in [0.25, 0.3) is 5.91 Å². The number of carbonyl (C=O) groups is 1. The first kappa shape index (κ1) is 20.7. The molecule has 2 aromatic carbocycles. The Bertz CT molecular complexity index is 1480. The number of hydrogen-bond acceptors (Lipinski definition) is 5. The molecule has 0 radical (unpaired) electrons. The lowest BCUT2D eigenvalue weighted by atomic mass is 10.1. The topological polar surface area (TPSA) is 68.0 Å². The van der Waals surface area contributed by atoms with Gasteiger partial charge in [0.2, 0.25) is 0 Å². The summed E-state index contributed by atoms with van der Waals surface area (Å²) in [7, 11) is 0. The van der Waals surface area contributed by atoms with Crippen LogP contribution >= 0.6 is 34.5 Å². The van der Waals surface area contributed by atoms with Gasteiger partial charge < -0.3 is 4.42 Å². The van der Waals surface area contributed by atoms with E-state index in [-0.39, 0.29) is 5.91 Å². The van der Waals surface area contributed by atoms with Gasteiger partial charge in [0.15, 0.2) is 10.9 Å². The zero-order valence-corrected chi connectivity index (χ0v) is 19.1. The number of hydrogen-bond donors (Lipinski definition) is 1. The molecule has 0 bridgehead atoms. The highest BCUT2D eigenvalue weighted by Gasteiger charge is 2.17. The van der Waals surface area contributed by atoms with Gasteiger partial charge in [-0.1, -0.05) is 41.4 Å². The van der Waals surface area contributed by atoms with Crippen LogP contribution in [0.25, 0.3) is 33.6 Å². The number of aryl methyl sites for hydroxylation is 1. The summed E-state index contributed by atoms with van der Waals surface area (Å²) in [6, 6.07) is 18.2. The van der Waals surface area contributed by atoms with E-state index < -0.39 is 0 Å². The minimum Gasteiger partial charge on any atom is -0.460 e. The molecule has 3 aromatic heterocycles. The summed E-state index contributed by atoms with van der Waals surface area (Å²) in [5.41, 5.74) is 3.20. The molecule has 1 amide bonds. The lowest BCUT2D eigenvalue weighted by Crippen LogP contribution is -2.13. The van der Waals surface area contributed by atoms with Crippen LogP contribution in [0.15, 0.2) is 70.5 Å². The van der Waals surface area contributed by atoms with Crippen molar-refractivity contribution in [1.29, 1.82) is 0 Å². The molecule has 158 valence electrons. The second-order valence-corrected chi connectivity index (χ2v) is 8.80. The summed E-state index contributed by atoms with van der Waals surface area (Å²) in [6.45, 7) is 1.87. The van der Waals surface area contributed by atoms with Crippen molar-refractivity contribution in [1.82, 2.24) is 9.97 Å². The van der Waals surface area contributed by atoms with Gasteiger partial charge >= 0.3 is 0 Å². The normalized spacial score (nSPS) is 11.1. The maximum absolute atomic E-state index is 13.2. The highest BCUT2D eigenvalue weighted by atomic mass is 35.5. The number of halogens is 2. The van der Waals surface area contributed by atoms with E-state index in [0.29, 0.717) is 43.4 Å². The number of carbonyl (C=O) groups excluding carboxylic acids is 1. The highest BCUT2D eigenvalue weighted by Crippen LogP contribution is 2.33. The van der Waals surface area contributed by atoms with Crippen molar-refractivity contribution >= 4 is 56.5 Å². The van der Waals surface area contributed by atoms with Crippen molar-refractivity contribution in [2.24, 2.45) is 0 Å². The van der Waals surface area contributed by atoms with Gasteiger partial charge in [0.1, 0.15) is 11.5 Å². The quantitative estimate of drug-likeness (QED) is 0.290. The monoisotopic (exact) mass is 479 g/mol. The van der Waals surface area contributed by atoms with Crippen LogP contribution in [0.1, 0.15) is 16.1 Å². The molecule has 5 rings (SSSR count). The molecule has 0 aliphatic rings. The first-order chi connectivity index (χ1) is 15.5. The summed E-state index contributed by atoms with van der Waals surface area (Å²) in [5, 5.41) is 7.00. The average Bonchev–Trinajstić information content (AvgIpc) is 3.42. The number of anilines is 1. The number of rotatable bonds is 4. The first-order valence-corrected chi connectivity index (χ1v) is 11.3. The molecule has 0 aliphatic heterocycles. The molecular formula is C24H15Cl2N3O2S. The number of aromatic nitrogens is 2. The number of benzene rings is 2. The number of para-hydroxylation sites is 1. The molecule has 1 N–H and O–H groups in total.